The van der Waals surface area contributed by atoms with E-state index in [0.29, 0.717) is 12.6 Å². The number of nitrogens with one attached hydrogen (secondary N) is 2. The van der Waals surface area contributed by atoms with E-state index < -0.39 is 0 Å². The van der Waals surface area contributed by atoms with Gasteiger partial charge in [0.1, 0.15) is 12.4 Å². The van der Waals surface area contributed by atoms with Gasteiger partial charge in [-0.05, 0) is 45.2 Å². The van der Waals surface area contributed by atoms with E-state index in [1.807, 2.05) is 18.5 Å². The number of halogens is 1. The number of piperidine rings is 1. The van der Waals surface area contributed by atoms with Crippen LogP contribution < -0.4 is 15.5 Å². The first-order valence-electron chi connectivity index (χ1n) is 10.8. The van der Waals surface area contributed by atoms with Crippen molar-refractivity contribution in [1.29, 1.82) is 0 Å². The summed E-state index contributed by atoms with van der Waals surface area (Å²) in [7, 11) is 1.98. The summed E-state index contributed by atoms with van der Waals surface area (Å²) < 4.78 is 1.99. The van der Waals surface area contributed by atoms with Gasteiger partial charge in [-0.2, -0.15) is 0 Å². The molecule has 166 valence electrons. The van der Waals surface area contributed by atoms with E-state index in [9.17, 15) is 0 Å². The van der Waals surface area contributed by atoms with Crippen LogP contribution in [0.15, 0.2) is 29.3 Å². The number of guanidine groups is 1. The van der Waals surface area contributed by atoms with Crippen molar-refractivity contribution < 1.29 is 0 Å². The maximum atomic E-state index is 4.80. The van der Waals surface area contributed by atoms with E-state index in [1.165, 1.54) is 17.7 Å². The lowest BCUT2D eigenvalue weighted by atomic mass is 10.0. The number of unbranched alkanes of at least 4 members (excludes halogenated alkanes) is 1. The zero-order valence-electron chi connectivity index (χ0n) is 18.7. The predicted molar refractivity (Wildman–Crippen MR) is 135 cm³/mol. The number of aliphatic imine (C=N–C) groups is 1. The number of benzene rings is 1. The molecule has 1 aliphatic heterocycles. The molecular weight excluding hydrogens is 489 g/mol. The molecule has 0 amide bonds. The van der Waals surface area contributed by atoms with Gasteiger partial charge in [0.15, 0.2) is 11.8 Å². The van der Waals surface area contributed by atoms with Gasteiger partial charge in [-0.15, -0.1) is 34.2 Å². The maximum Gasteiger partial charge on any atom is 0.191 e. The molecule has 2 heterocycles. The van der Waals surface area contributed by atoms with Gasteiger partial charge in [0, 0.05) is 38.4 Å². The average molecular weight is 525 g/mol. The summed E-state index contributed by atoms with van der Waals surface area (Å²) in [5, 5.41) is 15.5. The highest BCUT2D eigenvalue weighted by atomic mass is 127. The van der Waals surface area contributed by atoms with Gasteiger partial charge in [-0.25, -0.2) is 4.99 Å². The fourth-order valence-electron chi connectivity index (χ4n) is 3.55. The SMILES string of the molecule is CCCCNC(=NCc1nnc(C)n1C)NC1CCCN(c2ccc(C)cc2)C1.I. The van der Waals surface area contributed by atoms with Gasteiger partial charge in [0.05, 0.1) is 0 Å². The third kappa shape index (κ3) is 6.85. The van der Waals surface area contributed by atoms with Crippen LogP contribution in [0.25, 0.3) is 0 Å². The zero-order valence-corrected chi connectivity index (χ0v) is 21.0. The highest BCUT2D eigenvalue weighted by Crippen LogP contribution is 2.20. The lowest BCUT2D eigenvalue weighted by molar-refractivity contribution is 0.467. The monoisotopic (exact) mass is 525 g/mol. The molecule has 1 aliphatic rings. The number of nitrogens with zero attached hydrogens (tertiary/aromatic N) is 5. The molecule has 8 heteroatoms. The van der Waals surface area contributed by atoms with Gasteiger partial charge in [0.2, 0.25) is 0 Å². The van der Waals surface area contributed by atoms with Gasteiger partial charge in [0.25, 0.3) is 0 Å². The third-order valence-corrected chi connectivity index (χ3v) is 5.55. The number of anilines is 1. The standard InChI is InChI=1S/C22H35N7.HI/c1-5-6-13-23-22(24-15-21-27-26-18(3)28(21)4)25-19-8-7-14-29(16-19)20-11-9-17(2)10-12-20;/h9-12,19H,5-8,13-16H2,1-4H3,(H2,23,24,25);1H. The molecule has 0 spiro atoms. The molecular formula is C22H36IN7. The molecule has 1 aromatic heterocycles. The Bertz CT molecular complexity index is 800. The van der Waals surface area contributed by atoms with E-state index >= 15 is 0 Å². The Labute approximate surface area is 197 Å². The Morgan fingerprint density at radius 2 is 1.97 bits per heavy atom. The molecule has 1 fully saturated rings. The molecule has 1 atom stereocenters. The van der Waals surface area contributed by atoms with Crippen LogP contribution in [0.5, 0.6) is 0 Å². The summed E-state index contributed by atoms with van der Waals surface area (Å²) in [6.45, 7) is 9.83. The first-order chi connectivity index (χ1) is 14.1. The molecule has 1 saturated heterocycles. The van der Waals surface area contributed by atoms with Crippen LogP contribution in [-0.2, 0) is 13.6 Å². The van der Waals surface area contributed by atoms with Crippen LogP contribution in [0, 0.1) is 13.8 Å². The number of hydrogen-bond acceptors (Lipinski definition) is 4. The van der Waals surface area contributed by atoms with Gasteiger partial charge >= 0.3 is 0 Å². The van der Waals surface area contributed by atoms with Crippen LogP contribution in [0.1, 0.15) is 49.8 Å². The summed E-state index contributed by atoms with van der Waals surface area (Å²) in [5.74, 6) is 2.66. The van der Waals surface area contributed by atoms with Crippen molar-refractivity contribution >= 4 is 35.6 Å². The second-order valence-corrected chi connectivity index (χ2v) is 7.93. The summed E-state index contributed by atoms with van der Waals surface area (Å²) in [5.41, 5.74) is 2.60. The molecule has 0 saturated carbocycles. The van der Waals surface area contributed by atoms with Crippen LogP contribution in [0.4, 0.5) is 5.69 Å². The zero-order chi connectivity index (χ0) is 20.6. The number of rotatable bonds is 7. The minimum Gasteiger partial charge on any atom is -0.369 e. The minimum atomic E-state index is 0. The largest absolute Gasteiger partial charge is 0.369 e. The summed E-state index contributed by atoms with van der Waals surface area (Å²) in [4.78, 5) is 7.26. The molecule has 0 aliphatic carbocycles. The van der Waals surface area contributed by atoms with Crippen molar-refractivity contribution in [2.24, 2.45) is 12.0 Å². The minimum absolute atomic E-state index is 0. The number of aryl methyl sites for hydroxylation is 2. The van der Waals surface area contributed by atoms with E-state index in [0.717, 1.165) is 56.5 Å². The molecule has 1 aromatic carbocycles. The van der Waals surface area contributed by atoms with Crippen molar-refractivity contribution in [2.45, 2.75) is 59.0 Å². The normalized spacial score (nSPS) is 16.9. The lowest BCUT2D eigenvalue weighted by Crippen LogP contribution is -2.51. The molecule has 7 nitrogen and oxygen atoms in total. The van der Waals surface area contributed by atoms with Gasteiger partial charge in [-0.3, -0.25) is 0 Å². The quantitative estimate of drug-likeness (QED) is 0.251. The van der Waals surface area contributed by atoms with E-state index in [1.54, 1.807) is 0 Å². The Morgan fingerprint density at radius 1 is 1.20 bits per heavy atom. The van der Waals surface area contributed by atoms with Crippen molar-refractivity contribution in [1.82, 2.24) is 25.4 Å². The fraction of sp³-hybridized carbons (Fsp3) is 0.591. The lowest BCUT2D eigenvalue weighted by Gasteiger charge is -2.35. The maximum absolute atomic E-state index is 4.80. The Hall–Kier alpha value is -1.84. The second-order valence-electron chi connectivity index (χ2n) is 7.93. The molecule has 1 unspecified atom stereocenters. The van der Waals surface area contributed by atoms with Crippen molar-refractivity contribution in [3.63, 3.8) is 0 Å². The van der Waals surface area contributed by atoms with Crippen LogP contribution in [-0.4, -0.2) is 46.4 Å². The third-order valence-electron chi connectivity index (χ3n) is 5.55. The van der Waals surface area contributed by atoms with E-state index in [-0.39, 0.29) is 24.0 Å². The first kappa shape index (κ1) is 24.4. The van der Waals surface area contributed by atoms with E-state index in [4.69, 9.17) is 4.99 Å². The smallest absolute Gasteiger partial charge is 0.191 e. The van der Waals surface area contributed by atoms with Crippen LogP contribution in [0.3, 0.4) is 0 Å². The fourth-order valence-corrected chi connectivity index (χ4v) is 3.55. The number of aromatic nitrogens is 3. The Balaban J connectivity index is 0.00000320. The number of hydrogen-bond donors (Lipinski definition) is 2. The Kier molecular flexibility index (Phi) is 9.87. The van der Waals surface area contributed by atoms with Crippen molar-refractivity contribution in [3.05, 3.63) is 41.5 Å². The van der Waals surface area contributed by atoms with Crippen LogP contribution >= 0.6 is 24.0 Å². The first-order valence-corrected chi connectivity index (χ1v) is 10.8. The summed E-state index contributed by atoms with van der Waals surface area (Å²) in [6.07, 6.45) is 4.62. The highest BCUT2D eigenvalue weighted by Gasteiger charge is 2.21. The summed E-state index contributed by atoms with van der Waals surface area (Å²) >= 11 is 0. The molecule has 0 radical (unpaired) electrons. The molecule has 2 N–H and O–H groups in total. The van der Waals surface area contributed by atoms with E-state index in [2.05, 4.69) is 63.8 Å². The van der Waals surface area contributed by atoms with Crippen molar-refractivity contribution in [2.75, 3.05) is 24.5 Å². The second kappa shape index (κ2) is 12.1. The van der Waals surface area contributed by atoms with Gasteiger partial charge in [-0.1, -0.05) is 31.0 Å². The topological polar surface area (TPSA) is 70.4 Å². The average Bonchev–Trinajstić information content (AvgIpc) is 3.05. The van der Waals surface area contributed by atoms with Crippen molar-refractivity contribution in [3.8, 4) is 0 Å². The molecule has 30 heavy (non-hydrogen) atoms. The highest BCUT2D eigenvalue weighted by molar-refractivity contribution is 14.0. The molecule has 0 bridgehead atoms. The van der Waals surface area contributed by atoms with Crippen LogP contribution in [0.2, 0.25) is 0 Å². The molecule has 3 rings (SSSR count). The predicted octanol–water partition coefficient (Wildman–Crippen LogP) is 3.55. The van der Waals surface area contributed by atoms with Gasteiger partial charge < -0.3 is 20.1 Å². The Morgan fingerprint density at radius 3 is 2.63 bits per heavy atom. The summed E-state index contributed by atoms with van der Waals surface area (Å²) in [6, 6.07) is 9.20. The molecule has 2 aromatic rings.